The van der Waals surface area contributed by atoms with Gasteiger partial charge in [-0.15, -0.1) is 0 Å². The highest BCUT2D eigenvalue weighted by Crippen LogP contribution is 2.25. The van der Waals surface area contributed by atoms with Crippen LogP contribution in [0.4, 0.5) is 0 Å². The van der Waals surface area contributed by atoms with Gasteiger partial charge in [0.15, 0.2) is 0 Å². The van der Waals surface area contributed by atoms with Crippen LogP contribution >= 0.6 is 8.25 Å². The van der Waals surface area contributed by atoms with Crippen molar-refractivity contribution in [3.05, 3.63) is 0 Å². The molecule has 3 nitrogen and oxygen atoms in total. The second-order valence-electron chi connectivity index (χ2n) is 15.3. The van der Waals surface area contributed by atoms with Crippen LogP contribution in [0.1, 0.15) is 278 Å². The minimum Gasteiger partial charge on any atom is -0.311 e. The number of unbranched alkanes of at least 4 members (excludes halogenated alkanes) is 36. The Bertz CT molecular complexity index is 523. The first-order valence-corrected chi connectivity index (χ1v) is 24.2. The second kappa shape index (κ2) is 50.3. The molecule has 0 spiro atoms. The molecule has 298 valence electrons. The largest absolute Gasteiger partial charge is 0.319 e. The van der Waals surface area contributed by atoms with E-state index < -0.39 is 8.25 Å². The quantitative estimate of drug-likeness (QED) is 0.0466. The summed E-state index contributed by atoms with van der Waals surface area (Å²) >= 11 is 0. The Hall–Kier alpha value is 0.150. The van der Waals surface area contributed by atoms with Crippen molar-refractivity contribution in [2.24, 2.45) is 0 Å². The molecular formula is C45H95O3P. The van der Waals surface area contributed by atoms with Crippen molar-refractivity contribution >= 4 is 8.25 Å². The first-order valence-electron chi connectivity index (χ1n) is 23.0. The summed E-state index contributed by atoms with van der Waals surface area (Å²) in [6.07, 6.45) is 53.8. The Morgan fingerprint density at radius 1 is 0.245 bits per heavy atom. The highest BCUT2D eigenvalue weighted by molar-refractivity contribution is 7.33. The molecule has 0 fully saturated rings. The SMILES string of the molecule is CCCCCCCCCCCCCCC.CCCCCCCCCCCCCCCO[PH](=O)OCCCCCCCCCCCCCCC. The summed E-state index contributed by atoms with van der Waals surface area (Å²) in [5, 5.41) is 0. The van der Waals surface area contributed by atoms with Gasteiger partial charge in [0.25, 0.3) is 0 Å². The van der Waals surface area contributed by atoms with Crippen molar-refractivity contribution < 1.29 is 13.6 Å². The zero-order valence-corrected chi connectivity index (χ0v) is 35.7. The van der Waals surface area contributed by atoms with E-state index in [2.05, 4.69) is 27.7 Å². The summed E-state index contributed by atoms with van der Waals surface area (Å²) in [5.41, 5.74) is 0. The van der Waals surface area contributed by atoms with Crippen LogP contribution in [0.2, 0.25) is 0 Å². The van der Waals surface area contributed by atoms with E-state index in [0.29, 0.717) is 13.2 Å². The third kappa shape index (κ3) is 52.6. The summed E-state index contributed by atoms with van der Waals surface area (Å²) in [4.78, 5) is 0. The molecule has 0 aromatic heterocycles. The van der Waals surface area contributed by atoms with Crippen LogP contribution in [-0.2, 0) is 13.6 Å². The molecule has 0 heterocycles. The summed E-state index contributed by atoms with van der Waals surface area (Å²) in [6, 6.07) is 0. The fourth-order valence-electron chi connectivity index (χ4n) is 6.68. The average molecular weight is 715 g/mol. The van der Waals surface area contributed by atoms with E-state index in [4.69, 9.17) is 9.05 Å². The van der Waals surface area contributed by atoms with Crippen LogP contribution in [0.5, 0.6) is 0 Å². The lowest BCUT2D eigenvalue weighted by atomic mass is 10.0. The van der Waals surface area contributed by atoms with Crippen molar-refractivity contribution in [1.29, 1.82) is 0 Å². The number of hydrogen-bond acceptors (Lipinski definition) is 3. The molecule has 0 N–H and O–H groups in total. The van der Waals surface area contributed by atoms with E-state index in [-0.39, 0.29) is 0 Å². The second-order valence-corrected chi connectivity index (χ2v) is 16.4. The summed E-state index contributed by atoms with van der Waals surface area (Å²) in [6.45, 7) is 10.3. The van der Waals surface area contributed by atoms with Gasteiger partial charge >= 0.3 is 8.25 Å². The predicted octanol–water partition coefficient (Wildman–Crippen LogP) is 17.7. The minimum absolute atomic E-state index is 0.591. The molecule has 0 unspecified atom stereocenters. The van der Waals surface area contributed by atoms with Gasteiger partial charge in [0.05, 0.1) is 13.2 Å². The van der Waals surface area contributed by atoms with E-state index in [1.54, 1.807) is 0 Å². The van der Waals surface area contributed by atoms with E-state index in [1.807, 2.05) is 0 Å². The van der Waals surface area contributed by atoms with Crippen LogP contribution in [0.25, 0.3) is 0 Å². The zero-order valence-electron chi connectivity index (χ0n) is 34.7. The van der Waals surface area contributed by atoms with Crippen molar-refractivity contribution in [2.45, 2.75) is 278 Å². The first kappa shape index (κ1) is 51.3. The van der Waals surface area contributed by atoms with Gasteiger partial charge in [-0.25, -0.2) is 0 Å². The fraction of sp³-hybridized carbons (Fsp3) is 1.00. The lowest BCUT2D eigenvalue weighted by Gasteiger charge is -2.06. The van der Waals surface area contributed by atoms with Gasteiger partial charge in [0.2, 0.25) is 0 Å². The highest BCUT2D eigenvalue weighted by Gasteiger charge is 2.01. The van der Waals surface area contributed by atoms with Gasteiger partial charge in [-0.3, -0.25) is 4.57 Å². The molecule has 0 atom stereocenters. The molecule has 0 aromatic carbocycles. The molecule has 0 aromatic rings. The van der Waals surface area contributed by atoms with Crippen LogP contribution in [-0.4, -0.2) is 13.2 Å². The molecule has 0 rings (SSSR count). The Balaban J connectivity index is 0. The Labute approximate surface area is 312 Å². The van der Waals surface area contributed by atoms with Crippen molar-refractivity contribution in [1.82, 2.24) is 0 Å². The molecule has 0 saturated heterocycles. The Kier molecular flexibility index (Phi) is 52.6. The Morgan fingerprint density at radius 2 is 0.388 bits per heavy atom. The maximum Gasteiger partial charge on any atom is 0.319 e. The maximum atomic E-state index is 11.8. The van der Waals surface area contributed by atoms with Gasteiger partial charge in [-0.1, -0.05) is 265 Å². The van der Waals surface area contributed by atoms with E-state index in [1.165, 1.54) is 238 Å². The molecule has 49 heavy (non-hydrogen) atoms. The molecule has 0 saturated carbocycles. The van der Waals surface area contributed by atoms with Crippen LogP contribution in [0, 0.1) is 0 Å². The summed E-state index contributed by atoms with van der Waals surface area (Å²) < 4.78 is 22.6. The molecule has 4 heteroatoms. The standard InChI is InChI=1S/C30H63O3P.C15H32/c1-3-5-7-9-11-13-15-17-19-21-23-25-27-29-32-34(31)33-30-28-26-24-22-20-18-16-14-12-10-8-6-4-2;1-3-5-7-9-11-13-15-14-12-10-8-6-4-2/h34H,3-30H2,1-2H3;3-15H2,1-2H3. The van der Waals surface area contributed by atoms with Crippen molar-refractivity contribution in [2.75, 3.05) is 13.2 Å². The molecule has 0 radical (unpaired) electrons. The molecule has 0 amide bonds. The average Bonchev–Trinajstić information content (AvgIpc) is 3.11. The molecular weight excluding hydrogens is 619 g/mol. The normalized spacial score (nSPS) is 11.4. The minimum atomic E-state index is -2.27. The summed E-state index contributed by atoms with van der Waals surface area (Å²) in [7, 11) is -2.27. The molecule has 0 bridgehead atoms. The van der Waals surface area contributed by atoms with Gasteiger partial charge in [0.1, 0.15) is 0 Å². The topological polar surface area (TPSA) is 35.5 Å². The monoisotopic (exact) mass is 715 g/mol. The molecule has 0 aliphatic carbocycles. The van der Waals surface area contributed by atoms with E-state index in [0.717, 1.165) is 12.8 Å². The smallest absolute Gasteiger partial charge is 0.311 e. The van der Waals surface area contributed by atoms with Crippen molar-refractivity contribution in [3.63, 3.8) is 0 Å². The van der Waals surface area contributed by atoms with E-state index >= 15 is 0 Å². The van der Waals surface area contributed by atoms with Gasteiger partial charge < -0.3 is 9.05 Å². The van der Waals surface area contributed by atoms with E-state index in [9.17, 15) is 4.57 Å². The molecule has 0 aliphatic rings. The van der Waals surface area contributed by atoms with Gasteiger partial charge in [-0.05, 0) is 12.8 Å². The zero-order chi connectivity index (χ0) is 36.0. The van der Waals surface area contributed by atoms with Crippen LogP contribution in [0.3, 0.4) is 0 Å². The molecule has 0 aliphatic heterocycles. The lowest BCUT2D eigenvalue weighted by molar-refractivity contribution is 0.218. The Morgan fingerprint density at radius 3 is 0.551 bits per heavy atom. The van der Waals surface area contributed by atoms with Crippen LogP contribution in [0.15, 0.2) is 0 Å². The third-order valence-corrected chi connectivity index (χ3v) is 11.0. The summed E-state index contributed by atoms with van der Waals surface area (Å²) in [5.74, 6) is 0. The fourth-order valence-corrected chi connectivity index (χ4v) is 7.39. The lowest BCUT2D eigenvalue weighted by Crippen LogP contribution is -1.92. The predicted molar refractivity (Wildman–Crippen MR) is 224 cm³/mol. The highest BCUT2D eigenvalue weighted by atomic mass is 31.1. The number of hydrogen-bond donors (Lipinski definition) is 0. The number of rotatable bonds is 42. The van der Waals surface area contributed by atoms with Crippen LogP contribution < -0.4 is 0 Å². The maximum absolute atomic E-state index is 11.8. The first-order chi connectivity index (χ1) is 24.2. The van der Waals surface area contributed by atoms with Gasteiger partial charge in [-0.2, -0.15) is 0 Å². The van der Waals surface area contributed by atoms with Crippen molar-refractivity contribution in [3.8, 4) is 0 Å². The van der Waals surface area contributed by atoms with Gasteiger partial charge in [0, 0.05) is 0 Å². The third-order valence-electron chi connectivity index (χ3n) is 10.1.